The number of amides is 1. The van der Waals surface area contributed by atoms with Gasteiger partial charge in [-0.1, -0.05) is 27.7 Å². The maximum atomic E-state index is 11.9. The van der Waals surface area contributed by atoms with Gasteiger partial charge in [0.2, 0.25) is 5.91 Å². The molecule has 1 amide bonds. The molecule has 6 fully saturated rings. The van der Waals surface area contributed by atoms with Crippen molar-refractivity contribution in [3.8, 4) is 0 Å². The molecule has 0 atom stereocenters. The Hall–Kier alpha value is -0.810. The molecule has 0 aromatic carbocycles. The van der Waals surface area contributed by atoms with E-state index in [9.17, 15) is 4.79 Å². The first-order valence-corrected chi connectivity index (χ1v) is 25.6. The van der Waals surface area contributed by atoms with Crippen LogP contribution in [0.3, 0.4) is 0 Å². The quantitative estimate of drug-likeness (QED) is 0.209. The minimum atomic E-state index is 0.139. The van der Waals surface area contributed by atoms with Gasteiger partial charge in [-0.3, -0.25) is 14.6 Å². The van der Waals surface area contributed by atoms with E-state index in [4.69, 9.17) is 0 Å². The molecule has 0 unspecified atom stereocenters. The Morgan fingerprint density at radius 3 is 1.02 bits per heavy atom. The van der Waals surface area contributed by atoms with Gasteiger partial charge >= 0.3 is 0 Å². The predicted molar refractivity (Wildman–Crippen MR) is 255 cm³/mol. The Balaban J connectivity index is 0.000000231. The number of piperidine rings is 4. The second-order valence-corrected chi connectivity index (χ2v) is 20.9. The van der Waals surface area contributed by atoms with Crippen molar-refractivity contribution in [2.24, 2.45) is 29.6 Å². The monoisotopic (exact) mass is 831 g/mol. The van der Waals surface area contributed by atoms with Crippen LogP contribution in [0.25, 0.3) is 0 Å². The van der Waals surface area contributed by atoms with E-state index in [1.807, 2.05) is 32.6 Å². The zero-order valence-electron chi connectivity index (χ0n) is 41.8. The Kier molecular flexibility index (Phi) is 25.0. The van der Waals surface area contributed by atoms with E-state index < -0.39 is 0 Å². The molecule has 59 heavy (non-hydrogen) atoms. The fourth-order valence-electron chi connectivity index (χ4n) is 10.5. The van der Waals surface area contributed by atoms with Gasteiger partial charge in [0.05, 0.1) is 0 Å². The van der Waals surface area contributed by atoms with Gasteiger partial charge in [-0.05, 0) is 196 Å². The Bertz CT molecular complexity index is 947. The maximum Gasteiger partial charge on any atom is 0.225 e. The van der Waals surface area contributed by atoms with Crippen LogP contribution in [0.15, 0.2) is 0 Å². The van der Waals surface area contributed by atoms with Crippen molar-refractivity contribution in [3.63, 3.8) is 0 Å². The van der Waals surface area contributed by atoms with E-state index in [1.165, 1.54) is 149 Å². The Morgan fingerprint density at radius 1 is 0.407 bits per heavy atom. The van der Waals surface area contributed by atoms with Crippen LogP contribution in [0, 0.1) is 29.6 Å². The van der Waals surface area contributed by atoms with E-state index in [0.29, 0.717) is 5.91 Å². The summed E-state index contributed by atoms with van der Waals surface area (Å²) < 4.78 is 0. The summed E-state index contributed by atoms with van der Waals surface area (Å²) in [5.74, 6) is 4.31. The minimum Gasteiger partial charge on any atom is -0.340 e. The summed E-state index contributed by atoms with van der Waals surface area (Å²) in [6.07, 6.45) is 12.8. The van der Waals surface area contributed by atoms with Crippen LogP contribution in [0.2, 0.25) is 0 Å². The molecule has 0 spiro atoms. The summed E-state index contributed by atoms with van der Waals surface area (Å²) in [6.45, 7) is 48.7. The van der Waals surface area contributed by atoms with Crippen molar-refractivity contribution in [3.05, 3.63) is 0 Å². The standard InChI is InChI=1S/C17H34N2.C16H33N3.C15H29N3O.C2H6/c1-14(2)18-9-5-16(6-10-18)13-17-7-11-19(12-8-17)15(3)4;1-14(2)18-7-5-16(6-8-18)13-17-9-11-19(12-10-17)15(3)4;1-13(2)15(19)18-10-8-17(9-11-18)12-14-4-6-16(3)7-5-14;1-2/h14-17H,5-13H2,1-4H3;14-16H,5-13H2,1-4H3;13-14H,4-12H2,1-3H3;1-2H3. The highest BCUT2D eigenvalue weighted by molar-refractivity contribution is 5.78. The van der Waals surface area contributed by atoms with Crippen molar-refractivity contribution in [2.45, 2.75) is 165 Å². The van der Waals surface area contributed by atoms with Crippen LogP contribution in [0.4, 0.5) is 0 Å². The number of rotatable bonds is 11. The smallest absolute Gasteiger partial charge is 0.225 e. The van der Waals surface area contributed by atoms with Crippen molar-refractivity contribution in [1.82, 2.24) is 39.2 Å². The number of likely N-dealkylation sites (tertiary alicyclic amines) is 4. The van der Waals surface area contributed by atoms with E-state index in [-0.39, 0.29) is 5.92 Å². The highest BCUT2D eigenvalue weighted by Crippen LogP contribution is 2.31. The maximum absolute atomic E-state index is 11.9. The van der Waals surface area contributed by atoms with E-state index in [0.717, 1.165) is 74.0 Å². The molecule has 0 aromatic heterocycles. The van der Waals surface area contributed by atoms with Gasteiger partial charge in [-0.2, -0.15) is 0 Å². The number of piperazine rings is 2. The first kappa shape index (κ1) is 52.5. The van der Waals surface area contributed by atoms with Crippen LogP contribution >= 0.6 is 0 Å². The van der Waals surface area contributed by atoms with E-state index in [1.54, 1.807) is 0 Å². The van der Waals surface area contributed by atoms with Gasteiger partial charge in [0.15, 0.2) is 0 Å². The molecule has 9 nitrogen and oxygen atoms in total. The fraction of sp³-hybridized carbons (Fsp3) is 0.980. The third-order valence-corrected chi connectivity index (χ3v) is 15.0. The summed E-state index contributed by atoms with van der Waals surface area (Å²) in [7, 11) is 2.21. The normalized spacial score (nSPS) is 24.3. The topological polar surface area (TPSA) is 43.0 Å². The van der Waals surface area contributed by atoms with Gasteiger partial charge in [0, 0.05) is 95.5 Å². The van der Waals surface area contributed by atoms with Gasteiger partial charge in [0.1, 0.15) is 0 Å². The molecule has 0 radical (unpaired) electrons. The molecule has 9 heteroatoms. The highest BCUT2D eigenvalue weighted by atomic mass is 16.2. The number of nitrogens with zero attached hydrogens (tertiary/aromatic N) is 8. The molecule has 6 saturated heterocycles. The van der Waals surface area contributed by atoms with Crippen LogP contribution in [-0.4, -0.2) is 194 Å². The first-order chi connectivity index (χ1) is 28.2. The number of carbonyl (C=O) groups excluding carboxylic acids is 1. The molecule has 0 N–H and O–H groups in total. The number of hydrogen-bond acceptors (Lipinski definition) is 8. The molecule has 6 aliphatic heterocycles. The average Bonchev–Trinajstić information content (AvgIpc) is 3.23. The minimum absolute atomic E-state index is 0.139. The molecule has 0 saturated carbocycles. The molecule has 6 heterocycles. The van der Waals surface area contributed by atoms with Crippen LogP contribution in [0.5, 0.6) is 0 Å². The van der Waals surface area contributed by atoms with Crippen molar-refractivity contribution >= 4 is 5.91 Å². The lowest BCUT2D eigenvalue weighted by Crippen LogP contribution is -2.51. The zero-order chi connectivity index (χ0) is 43.5. The lowest BCUT2D eigenvalue weighted by atomic mass is 9.82. The van der Waals surface area contributed by atoms with Crippen LogP contribution < -0.4 is 0 Å². The second-order valence-electron chi connectivity index (χ2n) is 20.9. The van der Waals surface area contributed by atoms with Crippen molar-refractivity contribution in [2.75, 3.05) is 125 Å². The molecule has 348 valence electrons. The summed E-state index contributed by atoms with van der Waals surface area (Å²) in [5, 5.41) is 0. The molecule has 6 aliphatic rings. The first-order valence-electron chi connectivity index (χ1n) is 25.6. The molecule has 0 aromatic rings. The summed E-state index contributed by atoms with van der Waals surface area (Å²) in [4.78, 5) is 32.2. The van der Waals surface area contributed by atoms with Crippen LogP contribution in [-0.2, 0) is 4.79 Å². The molecule has 0 aliphatic carbocycles. The fourth-order valence-corrected chi connectivity index (χ4v) is 10.5. The summed E-state index contributed by atoms with van der Waals surface area (Å²) in [6, 6.07) is 2.94. The van der Waals surface area contributed by atoms with Gasteiger partial charge < -0.3 is 29.4 Å². The third kappa shape index (κ3) is 19.2. The van der Waals surface area contributed by atoms with E-state index >= 15 is 0 Å². The lowest BCUT2D eigenvalue weighted by molar-refractivity contribution is -0.136. The Labute approximate surface area is 368 Å². The van der Waals surface area contributed by atoms with Gasteiger partial charge in [-0.15, -0.1) is 0 Å². The van der Waals surface area contributed by atoms with Gasteiger partial charge in [-0.25, -0.2) is 0 Å². The van der Waals surface area contributed by atoms with Gasteiger partial charge in [0.25, 0.3) is 0 Å². The SMILES string of the molecule is CC.CC(C)C(=O)N1CCN(CC2CCN(C)CC2)CC1.CC(C)N1CCC(CC2CCN(C(C)C)CC2)CC1.CC(C)N1CCC(CN2CCN(C(C)C)CC2)CC1. The molecular formula is C50H102N8O. The molecule has 6 rings (SSSR count). The highest BCUT2D eigenvalue weighted by Gasteiger charge is 2.29. The van der Waals surface area contributed by atoms with E-state index in [2.05, 4.69) is 96.7 Å². The molecule has 0 bridgehead atoms. The number of carbonyl (C=O) groups is 1. The zero-order valence-corrected chi connectivity index (χ0v) is 41.8. The predicted octanol–water partition coefficient (Wildman–Crippen LogP) is 7.90. The second kappa shape index (κ2) is 28.1. The summed E-state index contributed by atoms with van der Waals surface area (Å²) >= 11 is 0. The number of hydrogen-bond donors (Lipinski definition) is 0. The lowest BCUT2D eigenvalue weighted by Gasteiger charge is -2.40. The molecular weight excluding hydrogens is 729 g/mol. The van der Waals surface area contributed by atoms with Crippen molar-refractivity contribution < 1.29 is 4.79 Å². The summed E-state index contributed by atoms with van der Waals surface area (Å²) in [5.41, 5.74) is 0. The average molecular weight is 831 g/mol. The van der Waals surface area contributed by atoms with Crippen molar-refractivity contribution in [1.29, 1.82) is 0 Å². The largest absolute Gasteiger partial charge is 0.340 e. The van der Waals surface area contributed by atoms with Crippen LogP contribution in [0.1, 0.15) is 141 Å². The third-order valence-electron chi connectivity index (χ3n) is 15.0. The Morgan fingerprint density at radius 2 is 0.695 bits per heavy atom.